The molecule has 3 atom stereocenters. The molecule has 2 heterocycles. The van der Waals surface area contributed by atoms with Crippen LogP contribution in [0.5, 0.6) is 5.75 Å². The molecule has 1 aliphatic heterocycles. The van der Waals surface area contributed by atoms with Gasteiger partial charge in [-0.3, -0.25) is 9.59 Å². The normalized spacial score (nSPS) is 28.6. The molecule has 0 radical (unpaired) electrons. The Labute approximate surface area is 175 Å². The summed E-state index contributed by atoms with van der Waals surface area (Å²) in [4.78, 5) is 26.7. The molecule has 1 aromatic carbocycles. The van der Waals surface area contributed by atoms with E-state index < -0.39 is 22.5 Å². The van der Waals surface area contributed by atoms with Crippen LogP contribution >= 0.6 is 0 Å². The lowest BCUT2D eigenvalue weighted by Crippen LogP contribution is -2.70. The van der Waals surface area contributed by atoms with E-state index in [-0.39, 0.29) is 23.8 Å². The fourth-order valence-corrected chi connectivity index (χ4v) is 5.66. The monoisotopic (exact) mass is 411 g/mol. The summed E-state index contributed by atoms with van der Waals surface area (Å²) in [7, 11) is 3.65. The van der Waals surface area contributed by atoms with Gasteiger partial charge >= 0.3 is 0 Å². The van der Waals surface area contributed by atoms with Gasteiger partial charge in [-0.1, -0.05) is 6.07 Å². The maximum atomic E-state index is 12.8. The number of likely N-dealkylation sites (tertiary alicyclic amines) is 1. The van der Waals surface area contributed by atoms with Gasteiger partial charge in [0, 0.05) is 37.0 Å². The molecule has 2 aromatic rings. The van der Waals surface area contributed by atoms with Gasteiger partial charge in [-0.2, -0.15) is 0 Å². The van der Waals surface area contributed by atoms with E-state index in [1.807, 2.05) is 27.0 Å². The number of fused-ring (bicyclic) bond motifs is 2. The van der Waals surface area contributed by atoms with Crippen LogP contribution < -0.4 is 11.3 Å². The minimum absolute atomic E-state index is 0.0577. The summed E-state index contributed by atoms with van der Waals surface area (Å²) >= 11 is 0. The van der Waals surface area contributed by atoms with E-state index in [0.29, 0.717) is 12.8 Å². The smallest absolute Gasteiger partial charge is 0.263 e. The fraction of sp³-hybridized carbons (Fsp3) is 0.478. The number of nitrogens with two attached hydrogens (primary N) is 1. The highest BCUT2D eigenvalue weighted by Crippen LogP contribution is 2.53. The number of rotatable bonds is 2. The first kappa shape index (κ1) is 20.6. The van der Waals surface area contributed by atoms with Crippen molar-refractivity contribution in [2.45, 2.75) is 50.2 Å². The number of carbonyl (C=O) groups excluding carboxylic acids is 1. The van der Waals surface area contributed by atoms with Gasteiger partial charge in [-0.05, 0) is 68.8 Å². The molecule has 7 nitrogen and oxygen atoms in total. The molecule has 1 fully saturated rings. The van der Waals surface area contributed by atoms with Crippen molar-refractivity contribution in [3.05, 3.63) is 62.6 Å². The molecule has 2 aliphatic rings. The Kier molecular flexibility index (Phi) is 4.60. The number of aromatic hydroxyl groups is 1. The Morgan fingerprint density at radius 1 is 1.23 bits per heavy atom. The Hall–Kier alpha value is -2.64. The third-order valence-electron chi connectivity index (χ3n) is 7.63. The highest BCUT2D eigenvalue weighted by Gasteiger charge is 2.60. The average Bonchev–Trinajstić information content (AvgIpc) is 2.69. The van der Waals surface area contributed by atoms with Gasteiger partial charge < -0.3 is 25.4 Å². The maximum absolute atomic E-state index is 12.8. The number of nitrogens with zero attached hydrogens (tertiary/aromatic N) is 2. The van der Waals surface area contributed by atoms with Crippen LogP contribution in [0.3, 0.4) is 0 Å². The Morgan fingerprint density at radius 3 is 2.60 bits per heavy atom. The number of aliphatic hydroxyl groups is 1. The number of aryl methyl sites for hydroxylation is 1. The number of amides is 1. The third-order valence-corrected chi connectivity index (χ3v) is 7.63. The second-order valence-corrected chi connectivity index (χ2v) is 9.02. The Morgan fingerprint density at radius 2 is 1.93 bits per heavy atom. The maximum Gasteiger partial charge on any atom is 0.263 e. The fourth-order valence-electron chi connectivity index (χ4n) is 5.66. The van der Waals surface area contributed by atoms with Crippen LogP contribution in [0.1, 0.15) is 46.1 Å². The van der Waals surface area contributed by atoms with Crippen LogP contribution in [-0.4, -0.2) is 50.8 Å². The highest BCUT2D eigenvalue weighted by atomic mass is 16.3. The molecule has 0 saturated carbocycles. The van der Waals surface area contributed by atoms with Gasteiger partial charge in [-0.25, -0.2) is 0 Å². The summed E-state index contributed by atoms with van der Waals surface area (Å²) in [6.07, 6.45) is 1.41. The zero-order valence-corrected chi connectivity index (χ0v) is 17.9. The third kappa shape index (κ3) is 2.65. The van der Waals surface area contributed by atoms with Gasteiger partial charge in [0.1, 0.15) is 11.3 Å². The van der Waals surface area contributed by atoms with E-state index in [9.17, 15) is 19.8 Å². The minimum atomic E-state index is -1.15. The summed E-state index contributed by atoms with van der Waals surface area (Å²) in [6, 6.07) is 6.65. The van der Waals surface area contributed by atoms with Gasteiger partial charge in [0.2, 0.25) is 0 Å². The first-order chi connectivity index (χ1) is 14.0. The van der Waals surface area contributed by atoms with Crippen LogP contribution in [0.25, 0.3) is 0 Å². The van der Waals surface area contributed by atoms with Crippen molar-refractivity contribution in [1.82, 2.24) is 9.47 Å². The zero-order valence-electron chi connectivity index (χ0n) is 17.9. The molecule has 1 aliphatic carbocycles. The second-order valence-electron chi connectivity index (χ2n) is 9.02. The molecule has 1 amide bonds. The largest absolute Gasteiger partial charge is 0.508 e. The van der Waals surface area contributed by atoms with E-state index in [1.165, 1.54) is 4.57 Å². The number of likely N-dealkylation sites (N-methyl/N-ethyl adjacent to an activating group) is 1. The molecule has 1 aromatic heterocycles. The molecule has 0 bridgehead atoms. The lowest BCUT2D eigenvalue weighted by molar-refractivity contribution is -0.133. The van der Waals surface area contributed by atoms with Crippen LogP contribution in [0, 0.1) is 6.92 Å². The lowest BCUT2D eigenvalue weighted by atomic mass is 9.53. The molecular formula is C23H29N3O4. The predicted molar refractivity (Wildman–Crippen MR) is 114 cm³/mol. The first-order valence-electron chi connectivity index (χ1n) is 10.3. The molecule has 7 heteroatoms. The summed E-state index contributed by atoms with van der Waals surface area (Å²) in [5.41, 5.74) is 6.59. The lowest BCUT2D eigenvalue weighted by Gasteiger charge is -2.60. The highest BCUT2D eigenvalue weighted by molar-refractivity contribution is 5.92. The summed E-state index contributed by atoms with van der Waals surface area (Å²) in [5.74, 6) is -0.609. The molecule has 4 rings (SSSR count). The second kappa shape index (κ2) is 6.68. The number of aromatic nitrogens is 1. The van der Waals surface area contributed by atoms with Gasteiger partial charge in [-0.15, -0.1) is 0 Å². The number of carbonyl (C=O) groups is 1. The zero-order chi connectivity index (χ0) is 22.0. The quantitative estimate of drug-likeness (QED) is 0.683. The van der Waals surface area contributed by atoms with Gasteiger partial charge in [0.25, 0.3) is 11.5 Å². The molecule has 0 spiro atoms. The summed E-state index contributed by atoms with van der Waals surface area (Å²) in [5, 5.41) is 22.5. The van der Waals surface area contributed by atoms with Gasteiger partial charge in [0.15, 0.2) is 0 Å². The SMILES string of the molecule is Cc1ccc(O)cc1[C@]12CCN(C)[C@H](C)[C@]1(O)Cc1cc(C(N)=O)c(=O)n(C)c1C2. The molecule has 1 saturated heterocycles. The summed E-state index contributed by atoms with van der Waals surface area (Å²) in [6.45, 7) is 4.77. The van der Waals surface area contributed by atoms with E-state index in [1.54, 1.807) is 25.2 Å². The number of pyridine rings is 1. The van der Waals surface area contributed by atoms with Crippen molar-refractivity contribution in [3.63, 3.8) is 0 Å². The topological polar surface area (TPSA) is 109 Å². The van der Waals surface area contributed by atoms with Gasteiger partial charge in [0.05, 0.1) is 5.60 Å². The van der Waals surface area contributed by atoms with Crippen LogP contribution in [0.4, 0.5) is 0 Å². The molecular weight excluding hydrogens is 382 g/mol. The number of piperidine rings is 1. The molecule has 4 N–H and O–H groups in total. The molecule has 0 unspecified atom stereocenters. The minimum Gasteiger partial charge on any atom is -0.508 e. The van der Waals surface area contributed by atoms with Crippen LogP contribution in [-0.2, 0) is 25.3 Å². The average molecular weight is 412 g/mol. The van der Waals surface area contributed by atoms with Crippen molar-refractivity contribution in [2.24, 2.45) is 12.8 Å². The van der Waals surface area contributed by atoms with Crippen LogP contribution in [0.2, 0.25) is 0 Å². The Balaban J connectivity index is 2.03. The molecule has 160 valence electrons. The first-order valence-corrected chi connectivity index (χ1v) is 10.3. The Bertz CT molecular complexity index is 1110. The van der Waals surface area contributed by atoms with E-state index in [4.69, 9.17) is 5.73 Å². The number of hydrogen-bond acceptors (Lipinski definition) is 5. The number of phenolic OH excluding ortho intramolecular Hbond substituents is 1. The van der Waals surface area contributed by atoms with Crippen molar-refractivity contribution < 1.29 is 15.0 Å². The molecule has 30 heavy (non-hydrogen) atoms. The predicted octanol–water partition coefficient (Wildman–Crippen LogP) is 0.990. The van der Waals surface area contributed by atoms with Crippen molar-refractivity contribution >= 4 is 5.91 Å². The van der Waals surface area contributed by atoms with E-state index in [2.05, 4.69) is 4.90 Å². The number of phenols is 1. The van der Waals surface area contributed by atoms with Crippen molar-refractivity contribution in [1.29, 1.82) is 0 Å². The van der Waals surface area contributed by atoms with E-state index >= 15 is 0 Å². The van der Waals surface area contributed by atoms with Crippen molar-refractivity contribution in [3.8, 4) is 5.75 Å². The standard InChI is InChI=1S/C23H29N3O4/c1-13-5-6-16(27)10-18(13)22-7-8-25(3)14(2)23(22,30)11-15-9-17(20(24)28)21(29)26(4)19(15)12-22/h5-6,9-10,14,27,30H,7-8,11-12H2,1-4H3,(H2,24,28)/t14-,22-,23-/m1/s1. The van der Waals surface area contributed by atoms with E-state index in [0.717, 1.165) is 28.9 Å². The number of hydrogen-bond donors (Lipinski definition) is 3. The summed E-state index contributed by atoms with van der Waals surface area (Å²) < 4.78 is 1.50. The van der Waals surface area contributed by atoms with Crippen molar-refractivity contribution in [2.75, 3.05) is 13.6 Å². The van der Waals surface area contributed by atoms with Crippen LogP contribution in [0.15, 0.2) is 29.1 Å². The number of benzene rings is 1. The number of primary amides is 1.